The monoisotopic (exact) mass is 273 g/mol. The van der Waals surface area contributed by atoms with E-state index in [2.05, 4.69) is 23.1 Å². The van der Waals surface area contributed by atoms with Gasteiger partial charge in [-0.05, 0) is 30.3 Å². The van der Waals surface area contributed by atoms with E-state index in [1.165, 1.54) is 11.3 Å². The molecular weight excluding hydrogens is 252 g/mol. The second-order valence-electron chi connectivity index (χ2n) is 5.24. The topological polar surface area (TPSA) is 30.1 Å². The van der Waals surface area contributed by atoms with Crippen LogP contribution in [-0.2, 0) is 6.54 Å². The number of piperazine rings is 1. The fourth-order valence-corrected chi connectivity index (χ4v) is 2.73. The maximum Gasteiger partial charge on any atom is 0.119 e. The van der Waals surface area contributed by atoms with Crippen LogP contribution in [0, 0.1) is 0 Å². The summed E-state index contributed by atoms with van der Waals surface area (Å²) in [6, 6.07) is 10.4. The number of nitrogens with zero attached hydrogens (tertiary/aromatic N) is 1. The standard InChI is InChI=1S/C16H20N2O2/c1-19-16-4-2-15(3-5-16)18-9-7-17(8-10-18)12-14-6-11-20-13-14/h2-6,11,13H,7-10,12H2,1H3/p+1. The maximum absolute atomic E-state index is 5.20. The van der Waals surface area contributed by atoms with E-state index < -0.39 is 0 Å². The Morgan fingerprint density at radius 2 is 1.90 bits per heavy atom. The molecule has 4 nitrogen and oxygen atoms in total. The second-order valence-corrected chi connectivity index (χ2v) is 5.24. The second kappa shape index (κ2) is 6.01. The minimum atomic E-state index is 0.915. The third-order valence-corrected chi connectivity index (χ3v) is 3.94. The molecule has 106 valence electrons. The highest BCUT2D eigenvalue weighted by atomic mass is 16.5. The van der Waals surface area contributed by atoms with Crippen molar-refractivity contribution in [2.24, 2.45) is 0 Å². The fourth-order valence-electron chi connectivity index (χ4n) is 2.73. The average molecular weight is 273 g/mol. The first-order valence-corrected chi connectivity index (χ1v) is 7.09. The Balaban J connectivity index is 1.55. The van der Waals surface area contributed by atoms with E-state index in [1.54, 1.807) is 18.3 Å². The normalized spacial score (nSPS) is 16.4. The zero-order valence-corrected chi connectivity index (χ0v) is 11.8. The van der Waals surface area contributed by atoms with Crippen molar-refractivity contribution in [1.82, 2.24) is 0 Å². The molecule has 1 aromatic heterocycles. The molecule has 1 N–H and O–H groups in total. The van der Waals surface area contributed by atoms with Gasteiger partial charge in [0.15, 0.2) is 0 Å². The first kappa shape index (κ1) is 13.1. The fraction of sp³-hybridized carbons (Fsp3) is 0.375. The molecule has 1 aliphatic heterocycles. The van der Waals surface area contributed by atoms with Crippen molar-refractivity contribution < 1.29 is 14.1 Å². The number of benzene rings is 1. The summed E-state index contributed by atoms with van der Waals surface area (Å²) in [5.74, 6) is 0.915. The summed E-state index contributed by atoms with van der Waals surface area (Å²) in [4.78, 5) is 4.06. The van der Waals surface area contributed by atoms with E-state index >= 15 is 0 Å². The maximum atomic E-state index is 5.20. The average Bonchev–Trinajstić information content (AvgIpc) is 3.01. The van der Waals surface area contributed by atoms with Gasteiger partial charge in [-0.15, -0.1) is 0 Å². The minimum Gasteiger partial charge on any atom is -0.497 e. The van der Waals surface area contributed by atoms with Crippen LogP contribution in [0.4, 0.5) is 5.69 Å². The minimum absolute atomic E-state index is 0.915. The highest BCUT2D eigenvalue weighted by molar-refractivity contribution is 5.49. The molecule has 20 heavy (non-hydrogen) atoms. The summed E-state index contributed by atoms with van der Waals surface area (Å²) < 4.78 is 10.3. The largest absolute Gasteiger partial charge is 0.497 e. The number of ether oxygens (including phenoxy) is 1. The third kappa shape index (κ3) is 2.96. The van der Waals surface area contributed by atoms with Gasteiger partial charge in [-0.2, -0.15) is 0 Å². The predicted molar refractivity (Wildman–Crippen MR) is 78.3 cm³/mol. The van der Waals surface area contributed by atoms with Gasteiger partial charge in [-0.1, -0.05) is 0 Å². The van der Waals surface area contributed by atoms with Gasteiger partial charge >= 0.3 is 0 Å². The van der Waals surface area contributed by atoms with Crippen LogP contribution in [0.25, 0.3) is 0 Å². The third-order valence-electron chi connectivity index (χ3n) is 3.94. The van der Waals surface area contributed by atoms with Gasteiger partial charge in [-0.25, -0.2) is 0 Å². The van der Waals surface area contributed by atoms with Crippen molar-refractivity contribution >= 4 is 5.69 Å². The van der Waals surface area contributed by atoms with E-state index in [0.717, 1.165) is 38.5 Å². The van der Waals surface area contributed by atoms with Gasteiger partial charge in [0, 0.05) is 11.3 Å². The Hall–Kier alpha value is -1.94. The van der Waals surface area contributed by atoms with Crippen molar-refractivity contribution in [3.05, 3.63) is 48.4 Å². The number of hydrogen-bond acceptors (Lipinski definition) is 3. The smallest absolute Gasteiger partial charge is 0.119 e. The van der Waals surface area contributed by atoms with Crippen molar-refractivity contribution in [2.45, 2.75) is 6.54 Å². The van der Waals surface area contributed by atoms with Crippen molar-refractivity contribution in [1.29, 1.82) is 0 Å². The van der Waals surface area contributed by atoms with Crippen LogP contribution in [0.2, 0.25) is 0 Å². The predicted octanol–water partition coefficient (Wildman–Crippen LogP) is 1.19. The Morgan fingerprint density at radius 3 is 2.50 bits per heavy atom. The molecule has 3 rings (SSSR count). The molecule has 1 fully saturated rings. The Morgan fingerprint density at radius 1 is 1.15 bits per heavy atom. The Labute approximate surface area is 119 Å². The van der Waals surface area contributed by atoms with Crippen LogP contribution in [-0.4, -0.2) is 33.3 Å². The summed E-state index contributed by atoms with van der Waals surface area (Å²) >= 11 is 0. The number of furan rings is 1. The number of rotatable bonds is 4. The van der Waals surface area contributed by atoms with Crippen molar-refractivity contribution in [2.75, 3.05) is 38.2 Å². The molecular formula is C16H21N2O2+. The molecule has 0 aliphatic carbocycles. The molecule has 4 heteroatoms. The lowest BCUT2D eigenvalue weighted by molar-refractivity contribution is -0.914. The molecule has 0 amide bonds. The van der Waals surface area contributed by atoms with Gasteiger partial charge in [0.25, 0.3) is 0 Å². The van der Waals surface area contributed by atoms with Gasteiger partial charge in [0.2, 0.25) is 0 Å². The van der Waals surface area contributed by atoms with Gasteiger partial charge in [0.05, 0.1) is 45.8 Å². The molecule has 2 heterocycles. The van der Waals surface area contributed by atoms with Crippen LogP contribution < -0.4 is 14.5 Å². The molecule has 1 aliphatic rings. The lowest BCUT2D eigenvalue weighted by Gasteiger charge is -2.33. The van der Waals surface area contributed by atoms with E-state index in [1.807, 2.05) is 18.4 Å². The van der Waals surface area contributed by atoms with Gasteiger partial charge in [-0.3, -0.25) is 0 Å². The van der Waals surface area contributed by atoms with E-state index in [-0.39, 0.29) is 0 Å². The van der Waals surface area contributed by atoms with E-state index in [0.29, 0.717) is 0 Å². The molecule has 0 radical (unpaired) electrons. The number of quaternary nitrogens is 1. The van der Waals surface area contributed by atoms with Crippen LogP contribution in [0.15, 0.2) is 47.3 Å². The van der Waals surface area contributed by atoms with Crippen LogP contribution >= 0.6 is 0 Å². The summed E-state index contributed by atoms with van der Waals surface area (Å²) in [6.45, 7) is 5.58. The van der Waals surface area contributed by atoms with Crippen molar-refractivity contribution in [3.8, 4) is 5.75 Å². The zero-order chi connectivity index (χ0) is 13.8. The first-order chi connectivity index (χ1) is 9.85. The molecule has 0 saturated carbocycles. The lowest BCUT2D eigenvalue weighted by atomic mass is 10.2. The summed E-state index contributed by atoms with van der Waals surface area (Å²) in [5.41, 5.74) is 2.58. The molecule has 1 aromatic carbocycles. The quantitative estimate of drug-likeness (QED) is 0.907. The summed E-state index contributed by atoms with van der Waals surface area (Å²) in [7, 11) is 1.70. The lowest BCUT2D eigenvalue weighted by Crippen LogP contribution is -3.13. The highest BCUT2D eigenvalue weighted by Crippen LogP contribution is 2.18. The molecule has 2 aromatic rings. The first-order valence-electron chi connectivity index (χ1n) is 7.09. The Kier molecular flexibility index (Phi) is 3.92. The number of methoxy groups -OCH3 is 1. The van der Waals surface area contributed by atoms with Crippen LogP contribution in [0.3, 0.4) is 0 Å². The molecule has 0 atom stereocenters. The highest BCUT2D eigenvalue weighted by Gasteiger charge is 2.20. The molecule has 0 unspecified atom stereocenters. The SMILES string of the molecule is COc1ccc(N2CC[NH+](Cc3ccoc3)CC2)cc1. The number of anilines is 1. The van der Waals surface area contributed by atoms with Crippen LogP contribution in [0.1, 0.15) is 5.56 Å². The van der Waals surface area contributed by atoms with Crippen LogP contribution in [0.5, 0.6) is 5.75 Å². The molecule has 1 saturated heterocycles. The summed E-state index contributed by atoms with van der Waals surface area (Å²) in [5, 5.41) is 0. The van der Waals surface area contributed by atoms with Gasteiger partial charge in [0.1, 0.15) is 12.3 Å². The van der Waals surface area contributed by atoms with Gasteiger partial charge < -0.3 is 19.0 Å². The number of hydrogen-bond donors (Lipinski definition) is 1. The zero-order valence-electron chi connectivity index (χ0n) is 11.8. The van der Waals surface area contributed by atoms with E-state index in [9.17, 15) is 0 Å². The molecule has 0 spiro atoms. The van der Waals surface area contributed by atoms with E-state index in [4.69, 9.17) is 9.15 Å². The number of nitrogens with one attached hydrogen (secondary N) is 1. The summed E-state index contributed by atoms with van der Waals surface area (Å²) in [6.07, 6.45) is 3.60. The van der Waals surface area contributed by atoms with Crippen molar-refractivity contribution in [3.63, 3.8) is 0 Å². The Bertz CT molecular complexity index is 514. The molecule has 0 bridgehead atoms.